The second-order valence-electron chi connectivity index (χ2n) is 20.8. The van der Waals surface area contributed by atoms with E-state index in [4.69, 9.17) is 23.7 Å². The maximum atomic E-state index is 11.8. The maximum Gasteiger partial charge on any atom is 0.187 e. The number of carbonyl (C=O) groups is 1. The van der Waals surface area contributed by atoms with Gasteiger partial charge in [0, 0.05) is 24.0 Å². The summed E-state index contributed by atoms with van der Waals surface area (Å²) in [5.41, 5.74) is 4.84. The van der Waals surface area contributed by atoms with Crippen molar-refractivity contribution in [1.82, 2.24) is 0 Å². The summed E-state index contributed by atoms with van der Waals surface area (Å²) >= 11 is 0. The van der Waals surface area contributed by atoms with Gasteiger partial charge in [0.25, 0.3) is 0 Å². The van der Waals surface area contributed by atoms with E-state index < -0.39 is 104 Å². The Morgan fingerprint density at radius 3 is 1.96 bits per heavy atom. The number of carbonyl (C=O) groups excluding carboxylic acids is 1. The van der Waals surface area contributed by atoms with E-state index in [-0.39, 0.29) is 10.8 Å². The van der Waals surface area contributed by atoms with Crippen LogP contribution in [0.25, 0.3) is 0 Å². The summed E-state index contributed by atoms with van der Waals surface area (Å²) in [4.78, 5) is 11.8. The molecule has 15 heteroatoms. The van der Waals surface area contributed by atoms with Gasteiger partial charge in [0.05, 0.1) is 36.6 Å². The summed E-state index contributed by atoms with van der Waals surface area (Å²) in [6, 6.07) is 0. The Morgan fingerprint density at radius 2 is 1.31 bits per heavy atom. The highest BCUT2D eigenvalue weighted by Crippen LogP contribution is 2.68. The molecule has 9 N–H and O–H groups in total. The van der Waals surface area contributed by atoms with Crippen molar-refractivity contribution < 1.29 is 74.4 Å². The van der Waals surface area contributed by atoms with Crippen molar-refractivity contribution in [3.8, 4) is 0 Å². The fraction of sp³-hybridized carbons (Fsp3) is 0.654. The number of fused-ring (bicyclic) bond motifs is 1. The van der Waals surface area contributed by atoms with Crippen molar-refractivity contribution in [2.24, 2.45) is 10.8 Å². The molecule has 0 unspecified atom stereocenters. The van der Waals surface area contributed by atoms with E-state index in [1.54, 1.807) is 19.1 Å². The van der Waals surface area contributed by atoms with E-state index in [2.05, 4.69) is 19.6 Å². The largest absolute Gasteiger partial charge is 0.394 e. The van der Waals surface area contributed by atoms with Crippen LogP contribution in [-0.2, 0) is 28.5 Å². The van der Waals surface area contributed by atoms with Crippen LogP contribution >= 0.6 is 0 Å². The minimum Gasteiger partial charge on any atom is -0.394 e. The van der Waals surface area contributed by atoms with Crippen molar-refractivity contribution in [3.63, 3.8) is 0 Å². The number of rotatable bonds is 17. The van der Waals surface area contributed by atoms with Gasteiger partial charge in [-0.25, -0.2) is 0 Å². The smallest absolute Gasteiger partial charge is 0.187 e. The van der Waals surface area contributed by atoms with Crippen LogP contribution < -0.4 is 0 Å². The average Bonchev–Trinajstić information content (AvgIpc) is 3.88. The first-order chi connectivity index (χ1) is 31.3. The fourth-order valence-corrected chi connectivity index (χ4v) is 10.6. The van der Waals surface area contributed by atoms with Crippen molar-refractivity contribution in [3.05, 3.63) is 100 Å². The minimum atomic E-state index is -1.76. The summed E-state index contributed by atoms with van der Waals surface area (Å²) in [5.74, 6) is 0. The van der Waals surface area contributed by atoms with E-state index in [0.29, 0.717) is 31.3 Å². The van der Waals surface area contributed by atoms with Gasteiger partial charge in [-0.15, -0.1) is 5.73 Å². The molecule has 3 aliphatic heterocycles. The molecule has 5 aliphatic rings. The zero-order valence-electron chi connectivity index (χ0n) is 40.5. The molecular formula is C52H76O15. The highest BCUT2D eigenvalue weighted by Gasteiger charge is 2.75. The van der Waals surface area contributed by atoms with E-state index >= 15 is 0 Å². The first-order valence-corrected chi connectivity index (χ1v) is 23.4. The van der Waals surface area contributed by atoms with E-state index in [0.717, 1.165) is 41.4 Å². The third-order valence-electron chi connectivity index (χ3n) is 14.1. The van der Waals surface area contributed by atoms with Crippen LogP contribution in [0.4, 0.5) is 0 Å². The number of hydrogen-bond donors (Lipinski definition) is 9. The molecular weight excluding hydrogens is 865 g/mol. The number of hydrogen-bond acceptors (Lipinski definition) is 15. The monoisotopic (exact) mass is 941 g/mol. The molecule has 0 aromatic heterocycles. The van der Waals surface area contributed by atoms with Gasteiger partial charge >= 0.3 is 0 Å². The van der Waals surface area contributed by atoms with Crippen molar-refractivity contribution in [1.29, 1.82) is 0 Å². The van der Waals surface area contributed by atoms with Crippen LogP contribution in [0.15, 0.2) is 100 Å². The lowest BCUT2D eigenvalue weighted by molar-refractivity contribution is -0.363. The number of aliphatic hydroxyl groups excluding tert-OH is 8. The molecule has 0 aromatic rings. The zero-order chi connectivity index (χ0) is 49.7. The number of ether oxygens (including phenoxy) is 5. The highest BCUT2D eigenvalue weighted by molar-refractivity contribution is 5.78. The number of aliphatic hydroxyl groups is 9. The molecule has 67 heavy (non-hydrogen) atoms. The minimum absolute atomic E-state index is 0.295. The molecule has 0 bridgehead atoms. The summed E-state index contributed by atoms with van der Waals surface area (Å²) in [5, 5.41) is 93.8. The molecule has 15 atom stereocenters. The lowest BCUT2D eigenvalue weighted by Crippen LogP contribution is -2.65. The SMILES string of the molecule is C\C(C=C=C1C(C)(C)C[C@H](O)C[C@@]1(C)O)=C/C=C/C(C)=C/C=C/C=C(C=O)\C=C\C=C(/C)CC[C@@]12O[C@]1(C)C[C@@H](O[C@@H]1O[C@H](CO)[C@@H](O[C@H]3O[C@H](CO)[C@H](O)[C@H](O)[C@H]3O)[C@H](O)[C@H]1O)CC2(C)C. The summed E-state index contributed by atoms with van der Waals surface area (Å²) < 4.78 is 29.8. The van der Waals surface area contributed by atoms with Gasteiger partial charge in [0.1, 0.15) is 60.7 Å². The second-order valence-corrected chi connectivity index (χ2v) is 20.8. The van der Waals surface area contributed by atoms with Gasteiger partial charge < -0.3 is 69.6 Å². The average molecular weight is 941 g/mol. The molecule has 374 valence electrons. The maximum absolute atomic E-state index is 11.8. The molecule has 3 heterocycles. The first kappa shape index (κ1) is 54.7. The van der Waals surface area contributed by atoms with Crippen LogP contribution in [0.3, 0.4) is 0 Å². The number of allylic oxidation sites excluding steroid dienone is 14. The Kier molecular flexibility index (Phi) is 18.2. The summed E-state index contributed by atoms with van der Waals surface area (Å²) in [6.07, 6.45) is 8.60. The number of aldehydes is 1. The van der Waals surface area contributed by atoms with Crippen LogP contribution in [0, 0.1) is 10.8 Å². The van der Waals surface area contributed by atoms with Gasteiger partial charge in [-0.2, -0.15) is 0 Å². The molecule has 0 spiro atoms. The van der Waals surface area contributed by atoms with E-state index in [1.807, 2.05) is 96.2 Å². The summed E-state index contributed by atoms with van der Waals surface area (Å²) in [6.45, 7) is 16.6. The van der Waals surface area contributed by atoms with Gasteiger partial charge in [0.15, 0.2) is 12.6 Å². The third-order valence-corrected chi connectivity index (χ3v) is 14.1. The van der Waals surface area contributed by atoms with Gasteiger partial charge in [-0.3, -0.25) is 4.79 Å². The fourth-order valence-electron chi connectivity index (χ4n) is 10.6. The van der Waals surface area contributed by atoms with Crippen LogP contribution in [-0.4, -0.2) is 156 Å². The predicted octanol–water partition coefficient (Wildman–Crippen LogP) is 3.77. The summed E-state index contributed by atoms with van der Waals surface area (Å²) in [7, 11) is 0. The van der Waals surface area contributed by atoms with Crippen LogP contribution in [0.1, 0.15) is 101 Å². The molecule has 5 fully saturated rings. The molecule has 0 aromatic carbocycles. The standard InChI is InChI=1S/C52H76O15/c1-31(15-12-16-32(2)20-21-39-48(4,5)24-35(56)25-50(39,8)62)14-10-11-18-34(28-53)19-13-17-33(3)22-23-52-49(6,7)26-36(27-51(52,9)67-52)63-46-44(61)42(59)45(38(30-55)65-46)66-47-43(60)41(58)40(57)37(29-54)64-47/h10-20,28,35-38,40-47,54-62H,22-27,29-30H2,1-9H3/b11-10+,15-12+,19-13+,31-14+,32-16+,33-17+,34-18+/t21?,35-,36-,37+,38+,40-,41-,42+,43+,44+,45+,46+,47+,50+,51+,52-/m0/s1. The molecule has 0 amide bonds. The van der Waals surface area contributed by atoms with E-state index in [1.165, 1.54) is 0 Å². The topological polar surface area (TPSA) is 249 Å². The van der Waals surface area contributed by atoms with E-state index in [9.17, 15) is 50.8 Å². The Balaban J connectivity index is 1.11. The van der Waals surface area contributed by atoms with Gasteiger partial charge in [-0.05, 0) is 82.8 Å². The van der Waals surface area contributed by atoms with Crippen LogP contribution in [0.2, 0.25) is 0 Å². The van der Waals surface area contributed by atoms with Crippen LogP contribution in [0.5, 0.6) is 0 Å². The third kappa shape index (κ3) is 12.8. The molecule has 15 nitrogen and oxygen atoms in total. The zero-order valence-corrected chi connectivity index (χ0v) is 40.5. The van der Waals surface area contributed by atoms with Gasteiger partial charge in [0.2, 0.25) is 0 Å². The van der Waals surface area contributed by atoms with Crippen molar-refractivity contribution >= 4 is 6.29 Å². The Hall–Kier alpha value is -3.19. The highest BCUT2D eigenvalue weighted by atomic mass is 16.7. The quantitative estimate of drug-likeness (QED) is 0.0331. The molecule has 0 radical (unpaired) electrons. The Morgan fingerprint density at radius 1 is 0.701 bits per heavy atom. The first-order valence-electron chi connectivity index (χ1n) is 23.4. The lowest BCUT2D eigenvalue weighted by atomic mass is 9.61. The van der Waals surface area contributed by atoms with Crippen molar-refractivity contribution in [2.45, 2.75) is 191 Å². The molecule has 2 saturated carbocycles. The molecule has 3 saturated heterocycles. The molecule has 5 rings (SSSR count). The Bertz CT molecular complexity index is 1990. The van der Waals surface area contributed by atoms with Gasteiger partial charge in [-0.1, -0.05) is 99.6 Å². The second kappa shape index (κ2) is 22.3. The normalized spacial score (nSPS) is 40.6. The lowest BCUT2D eigenvalue weighted by Gasteiger charge is -2.47. The Labute approximate surface area is 395 Å². The predicted molar refractivity (Wildman–Crippen MR) is 250 cm³/mol. The van der Waals surface area contributed by atoms with Crippen molar-refractivity contribution in [2.75, 3.05) is 13.2 Å². The molecule has 2 aliphatic carbocycles. The number of epoxide rings is 1.